The number of rotatable bonds is 2. The molecule has 1 aromatic carbocycles. The summed E-state index contributed by atoms with van der Waals surface area (Å²) in [6.07, 6.45) is -2.87. The van der Waals surface area contributed by atoms with Crippen molar-refractivity contribution in [3.63, 3.8) is 0 Å². The summed E-state index contributed by atoms with van der Waals surface area (Å²) in [7, 11) is 3.35. The second kappa shape index (κ2) is 7.06. The standard InChI is InChI=1S/C22H19F3N6O2/c1-10-13(7-14-18-15(8-27-31(18)3)19(26)29-20(14)28-10)21(32)30(2)16-9-33-17-6-11(22(23,24)25)4-5-12(16)17/h4-8,16H,9H2,1-3H3,(H2,26,28,29)/t16-/m1/s1. The lowest BCUT2D eigenvalue weighted by atomic mass is 10.0. The second-order valence-corrected chi connectivity index (χ2v) is 8.01. The molecule has 5 rings (SSSR count). The van der Waals surface area contributed by atoms with Gasteiger partial charge in [0.05, 0.1) is 40.0 Å². The van der Waals surface area contributed by atoms with Crippen LogP contribution in [0.25, 0.3) is 21.9 Å². The first kappa shape index (κ1) is 21.0. The molecule has 2 N–H and O–H groups in total. The summed E-state index contributed by atoms with van der Waals surface area (Å²) in [6, 6.07) is 4.49. The van der Waals surface area contributed by atoms with Gasteiger partial charge in [0.25, 0.3) is 5.91 Å². The monoisotopic (exact) mass is 456 g/mol. The summed E-state index contributed by atoms with van der Waals surface area (Å²) >= 11 is 0. The fourth-order valence-electron chi connectivity index (χ4n) is 4.21. The van der Waals surface area contributed by atoms with Crippen molar-refractivity contribution in [3.8, 4) is 5.75 Å². The number of likely N-dealkylation sites (N-methyl/N-ethyl adjacent to an activating group) is 1. The van der Waals surface area contributed by atoms with Crippen molar-refractivity contribution in [3.05, 3.63) is 52.8 Å². The summed E-state index contributed by atoms with van der Waals surface area (Å²) in [5, 5.41) is 5.51. The van der Waals surface area contributed by atoms with Crippen molar-refractivity contribution in [1.29, 1.82) is 0 Å². The zero-order chi connectivity index (χ0) is 23.7. The number of nitrogens with zero attached hydrogens (tertiary/aromatic N) is 5. The highest BCUT2D eigenvalue weighted by atomic mass is 19.4. The van der Waals surface area contributed by atoms with Crippen molar-refractivity contribution in [2.45, 2.75) is 19.1 Å². The maximum atomic E-state index is 13.4. The molecule has 0 spiro atoms. The molecule has 0 aliphatic carbocycles. The van der Waals surface area contributed by atoms with Gasteiger partial charge in [-0.15, -0.1) is 0 Å². The van der Waals surface area contributed by atoms with E-state index in [-0.39, 0.29) is 18.3 Å². The summed E-state index contributed by atoms with van der Waals surface area (Å²) in [6.45, 7) is 1.75. The number of pyridine rings is 2. The zero-order valence-electron chi connectivity index (χ0n) is 17.9. The van der Waals surface area contributed by atoms with E-state index >= 15 is 0 Å². The lowest BCUT2D eigenvalue weighted by molar-refractivity contribution is -0.137. The summed E-state index contributed by atoms with van der Waals surface area (Å²) in [5.74, 6) is 0.0844. The normalized spacial score (nSPS) is 15.6. The molecular weight excluding hydrogens is 437 g/mol. The van der Waals surface area contributed by atoms with Gasteiger partial charge in [0, 0.05) is 25.0 Å². The molecule has 4 heterocycles. The Morgan fingerprint density at radius 1 is 1.24 bits per heavy atom. The number of anilines is 1. The molecule has 8 nitrogen and oxygen atoms in total. The molecule has 0 unspecified atom stereocenters. The molecule has 33 heavy (non-hydrogen) atoms. The van der Waals surface area contributed by atoms with Crippen LogP contribution in [0.2, 0.25) is 0 Å². The van der Waals surface area contributed by atoms with Crippen LogP contribution < -0.4 is 10.5 Å². The summed E-state index contributed by atoms with van der Waals surface area (Å²) < 4.78 is 46.2. The van der Waals surface area contributed by atoms with Gasteiger partial charge >= 0.3 is 6.18 Å². The number of carbonyl (C=O) groups is 1. The van der Waals surface area contributed by atoms with Gasteiger partial charge in [0.15, 0.2) is 5.65 Å². The molecule has 0 bridgehead atoms. The number of nitrogens with two attached hydrogens (primary N) is 1. The van der Waals surface area contributed by atoms with Gasteiger partial charge in [-0.2, -0.15) is 18.3 Å². The van der Waals surface area contributed by atoms with Crippen LogP contribution in [0.3, 0.4) is 0 Å². The number of ether oxygens (including phenoxy) is 1. The van der Waals surface area contributed by atoms with E-state index < -0.39 is 17.8 Å². The second-order valence-electron chi connectivity index (χ2n) is 8.01. The van der Waals surface area contributed by atoms with Crippen molar-refractivity contribution in [1.82, 2.24) is 24.6 Å². The fourth-order valence-corrected chi connectivity index (χ4v) is 4.21. The van der Waals surface area contributed by atoms with E-state index in [2.05, 4.69) is 15.1 Å². The van der Waals surface area contributed by atoms with Crippen LogP contribution in [0.5, 0.6) is 5.75 Å². The Kier molecular flexibility index (Phi) is 4.49. The van der Waals surface area contributed by atoms with Crippen LogP contribution in [0.1, 0.15) is 33.2 Å². The number of hydrogen-bond acceptors (Lipinski definition) is 6. The predicted octanol–water partition coefficient (Wildman–Crippen LogP) is 3.63. The first-order valence-corrected chi connectivity index (χ1v) is 10.1. The van der Waals surface area contributed by atoms with Gasteiger partial charge in [-0.05, 0) is 25.1 Å². The van der Waals surface area contributed by atoms with Crippen molar-refractivity contribution < 1.29 is 22.7 Å². The van der Waals surface area contributed by atoms with E-state index in [0.717, 1.165) is 12.1 Å². The maximum Gasteiger partial charge on any atom is 0.416 e. The largest absolute Gasteiger partial charge is 0.491 e. The van der Waals surface area contributed by atoms with Crippen LogP contribution in [-0.2, 0) is 13.2 Å². The van der Waals surface area contributed by atoms with E-state index in [9.17, 15) is 18.0 Å². The minimum atomic E-state index is -4.47. The van der Waals surface area contributed by atoms with Gasteiger partial charge in [-0.1, -0.05) is 6.07 Å². The molecule has 3 aromatic heterocycles. The molecule has 0 saturated carbocycles. The highest BCUT2D eigenvalue weighted by molar-refractivity contribution is 6.09. The Hall–Kier alpha value is -3.89. The van der Waals surface area contributed by atoms with E-state index in [1.54, 1.807) is 38.0 Å². The molecule has 1 amide bonds. The van der Waals surface area contributed by atoms with Gasteiger partial charge in [0.2, 0.25) is 0 Å². The van der Waals surface area contributed by atoms with E-state index in [1.807, 2.05) is 0 Å². The number of amides is 1. The van der Waals surface area contributed by atoms with Crippen LogP contribution in [0.4, 0.5) is 19.0 Å². The third-order valence-electron chi connectivity index (χ3n) is 6.00. The first-order chi connectivity index (χ1) is 15.6. The molecule has 0 radical (unpaired) electrons. The van der Waals surface area contributed by atoms with Crippen LogP contribution >= 0.6 is 0 Å². The number of carbonyl (C=O) groups excluding carboxylic acids is 1. The molecule has 1 atom stereocenters. The van der Waals surface area contributed by atoms with E-state index in [1.165, 1.54) is 11.0 Å². The zero-order valence-corrected chi connectivity index (χ0v) is 17.9. The minimum absolute atomic E-state index is 0.0585. The number of fused-ring (bicyclic) bond motifs is 4. The summed E-state index contributed by atoms with van der Waals surface area (Å²) in [4.78, 5) is 23.7. The molecule has 11 heteroatoms. The van der Waals surface area contributed by atoms with Gasteiger partial charge in [-0.25, -0.2) is 9.97 Å². The molecular formula is C22H19F3N6O2. The highest BCUT2D eigenvalue weighted by Gasteiger charge is 2.36. The third kappa shape index (κ3) is 3.22. The van der Waals surface area contributed by atoms with Gasteiger partial charge in [-0.3, -0.25) is 9.48 Å². The van der Waals surface area contributed by atoms with Gasteiger partial charge in [0.1, 0.15) is 18.2 Å². The lowest BCUT2D eigenvalue weighted by Gasteiger charge is -2.24. The highest BCUT2D eigenvalue weighted by Crippen LogP contribution is 2.40. The first-order valence-electron chi connectivity index (χ1n) is 10.1. The van der Waals surface area contributed by atoms with Crippen molar-refractivity contribution >= 4 is 33.7 Å². The van der Waals surface area contributed by atoms with E-state index in [4.69, 9.17) is 10.5 Å². The summed E-state index contributed by atoms with van der Waals surface area (Å²) in [5.41, 5.74) is 7.67. The molecule has 4 aromatic rings. The molecule has 0 fully saturated rings. The number of aromatic nitrogens is 4. The van der Waals surface area contributed by atoms with E-state index in [0.29, 0.717) is 44.6 Å². The Bertz CT molecular complexity index is 1450. The SMILES string of the molecule is Cc1nc2nc(N)c3cnn(C)c3c2cc1C(=O)N(C)[C@@H]1COc2cc(C(F)(F)F)ccc21. The average Bonchev–Trinajstić information content (AvgIpc) is 3.36. The maximum absolute atomic E-state index is 13.4. The number of aryl methyl sites for hydroxylation is 2. The minimum Gasteiger partial charge on any atom is -0.491 e. The Labute approximate surface area is 185 Å². The van der Waals surface area contributed by atoms with Crippen LogP contribution in [-0.4, -0.2) is 44.2 Å². The Morgan fingerprint density at radius 3 is 2.73 bits per heavy atom. The predicted molar refractivity (Wildman–Crippen MR) is 115 cm³/mol. The van der Waals surface area contributed by atoms with Crippen molar-refractivity contribution in [2.75, 3.05) is 19.4 Å². The molecule has 0 saturated heterocycles. The van der Waals surface area contributed by atoms with Gasteiger partial charge < -0.3 is 15.4 Å². The lowest BCUT2D eigenvalue weighted by Crippen LogP contribution is -2.32. The van der Waals surface area contributed by atoms with Crippen molar-refractivity contribution in [2.24, 2.45) is 7.05 Å². The topological polar surface area (TPSA) is 99.2 Å². The molecule has 1 aliphatic rings. The number of halogens is 3. The van der Waals surface area contributed by atoms with Crippen LogP contribution in [0, 0.1) is 6.92 Å². The number of nitrogen functional groups attached to an aromatic ring is 1. The number of hydrogen-bond donors (Lipinski definition) is 1. The smallest absolute Gasteiger partial charge is 0.416 e. The van der Waals surface area contributed by atoms with Crippen LogP contribution in [0.15, 0.2) is 30.5 Å². The molecule has 170 valence electrons. The molecule has 1 aliphatic heterocycles. The number of benzene rings is 1. The quantitative estimate of drug-likeness (QED) is 0.495. The average molecular weight is 456 g/mol. The number of alkyl halides is 3. The Morgan fingerprint density at radius 2 is 2.00 bits per heavy atom. The fraction of sp³-hybridized carbons (Fsp3) is 0.273. The Balaban J connectivity index is 1.55. The third-order valence-corrected chi connectivity index (χ3v) is 6.00.